The number of nitrogens with zero attached hydrogens (tertiary/aromatic N) is 1. The maximum absolute atomic E-state index is 12.5. The molecule has 25 heavy (non-hydrogen) atoms. The predicted molar refractivity (Wildman–Crippen MR) is 100 cm³/mol. The van der Waals surface area contributed by atoms with Crippen molar-refractivity contribution in [3.05, 3.63) is 17.7 Å². The molecule has 1 rings (SSSR count). The van der Waals surface area contributed by atoms with E-state index in [4.69, 9.17) is 14.2 Å². The zero-order chi connectivity index (χ0) is 18.8. The number of carbonyl (C=O) groups excluding carboxylic acids is 1. The Hall–Kier alpha value is -1.95. The largest absolute Gasteiger partial charge is 0.490 e. The lowest BCUT2D eigenvalue weighted by Gasteiger charge is -2.19. The molecule has 1 amide bonds. The third-order valence-corrected chi connectivity index (χ3v) is 3.46. The molecule has 0 aromatic heterocycles. The fourth-order valence-electron chi connectivity index (χ4n) is 2.58. The van der Waals surface area contributed by atoms with Crippen LogP contribution in [0.4, 0.5) is 0 Å². The van der Waals surface area contributed by atoms with Crippen molar-refractivity contribution in [3.8, 4) is 17.2 Å². The van der Waals surface area contributed by atoms with E-state index in [1.807, 2.05) is 34.9 Å². The Kier molecular flexibility index (Phi) is 9.13. The summed E-state index contributed by atoms with van der Waals surface area (Å²) in [5, 5.41) is 2.98. The Morgan fingerprint density at radius 1 is 1.04 bits per heavy atom. The van der Waals surface area contributed by atoms with Crippen LogP contribution in [-0.2, 0) is 0 Å². The molecular weight excluding hydrogens is 320 g/mol. The Morgan fingerprint density at radius 3 is 2.00 bits per heavy atom. The summed E-state index contributed by atoms with van der Waals surface area (Å²) in [4.78, 5) is 14.6. The molecular formula is C19H32N2O4. The molecule has 0 saturated carbocycles. The van der Waals surface area contributed by atoms with Crippen LogP contribution in [0, 0.1) is 5.92 Å². The van der Waals surface area contributed by atoms with Crippen LogP contribution in [0.15, 0.2) is 12.1 Å². The van der Waals surface area contributed by atoms with Crippen LogP contribution in [-0.4, -0.2) is 57.8 Å². The van der Waals surface area contributed by atoms with Crippen LogP contribution < -0.4 is 19.5 Å². The molecule has 1 atom stereocenters. The van der Waals surface area contributed by atoms with Gasteiger partial charge in [-0.2, -0.15) is 0 Å². The summed E-state index contributed by atoms with van der Waals surface area (Å²) in [6.07, 6.45) is 0. The van der Waals surface area contributed by atoms with Crippen molar-refractivity contribution in [1.29, 1.82) is 0 Å². The van der Waals surface area contributed by atoms with Crippen molar-refractivity contribution < 1.29 is 19.0 Å². The average Bonchev–Trinajstić information content (AvgIpc) is 2.55. The summed E-state index contributed by atoms with van der Waals surface area (Å²) in [7, 11) is 4.04. The Balaban J connectivity index is 2.99. The van der Waals surface area contributed by atoms with E-state index < -0.39 is 0 Å². The fraction of sp³-hybridized carbons (Fsp3) is 0.632. The van der Waals surface area contributed by atoms with Gasteiger partial charge in [0.05, 0.1) is 19.8 Å². The summed E-state index contributed by atoms with van der Waals surface area (Å²) in [5.41, 5.74) is 0.507. The molecule has 0 aliphatic rings. The second-order valence-corrected chi connectivity index (χ2v) is 6.18. The highest BCUT2D eigenvalue weighted by molar-refractivity contribution is 5.95. The molecule has 0 radical (unpaired) electrons. The third-order valence-electron chi connectivity index (χ3n) is 3.46. The maximum Gasteiger partial charge on any atom is 0.251 e. The smallest absolute Gasteiger partial charge is 0.251 e. The van der Waals surface area contributed by atoms with Crippen molar-refractivity contribution in [1.82, 2.24) is 10.2 Å². The molecule has 142 valence electrons. The monoisotopic (exact) mass is 352 g/mol. The quantitative estimate of drug-likeness (QED) is 0.664. The van der Waals surface area contributed by atoms with Gasteiger partial charge in [-0.05, 0) is 52.9 Å². The first-order valence-corrected chi connectivity index (χ1v) is 8.92. The number of amides is 1. The Bertz CT molecular complexity index is 519. The number of carbonyl (C=O) groups is 1. The lowest BCUT2D eigenvalue weighted by Crippen LogP contribution is -2.32. The van der Waals surface area contributed by atoms with E-state index in [1.54, 1.807) is 12.1 Å². The predicted octanol–water partition coefficient (Wildman–Crippen LogP) is 2.81. The van der Waals surface area contributed by atoms with Crippen LogP contribution >= 0.6 is 0 Å². The van der Waals surface area contributed by atoms with Crippen molar-refractivity contribution >= 4 is 5.91 Å². The van der Waals surface area contributed by atoms with Crippen LogP contribution in [0.3, 0.4) is 0 Å². The normalized spacial score (nSPS) is 12.0. The van der Waals surface area contributed by atoms with E-state index in [0.29, 0.717) is 55.1 Å². The molecule has 1 aromatic rings. The number of benzene rings is 1. The first-order chi connectivity index (χ1) is 11.9. The number of nitrogens with one attached hydrogen (secondary N) is 1. The molecule has 0 bridgehead atoms. The number of hydrogen-bond acceptors (Lipinski definition) is 5. The second kappa shape index (κ2) is 10.8. The van der Waals surface area contributed by atoms with E-state index in [0.717, 1.165) is 6.54 Å². The van der Waals surface area contributed by atoms with Gasteiger partial charge in [-0.1, -0.05) is 6.92 Å². The van der Waals surface area contributed by atoms with Crippen molar-refractivity contribution in [2.24, 2.45) is 5.92 Å². The standard InChI is InChI=1S/C19H32N2O4/c1-7-23-16-10-15(11-17(24-8-2)18(16)25-9-3)19(22)20-12-14(4)13-21(5)6/h10-11,14H,7-9,12-13H2,1-6H3,(H,20,22)/t14-/m1/s1. The van der Waals surface area contributed by atoms with Gasteiger partial charge in [0.2, 0.25) is 5.75 Å². The minimum atomic E-state index is -0.143. The van der Waals surface area contributed by atoms with E-state index >= 15 is 0 Å². The molecule has 0 fully saturated rings. The molecule has 1 N–H and O–H groups in total. The van der Waals surface area contributed by atoms with Crippen molar-refractivity contribution in [2.75, 3.05) is 47.0 Å². The SMILES string of the molecule is CCOc1cc(C(=O)NC[C@@H](C)CN(C)C)cc(OCC)c1OCC. The first kappa shape index (κ1) is 21.1. The second-order valence-electron chi connectivity index (χ2n) is 6.18. The summed E-state index contributed by atoms with van der Waals surface area (Å²) in [6.45, 7) is 10.8. The summed E-state index contributed by atoms with van der Waals surface area (Å²) < 4.78 is 17.0. The van der Waals surface area contributed by atoms with Gasteiger partial charge in [0.25, 0.3) is 5.91 Å². The van der Waals surface area contributed by atoms with E-state index in [2.05, 4.69) is 17.1 Å². The fourth-order valence-corrected chi connectivity index (χ4v) is 2.58. The summed E-state index contributed by atoms with van der Waals surface area (Å²) in [5.74, 6) is 1.82. The van der Waals surface area contributed by atoms with E-state index in [9.17, 15) is 4.79 Å². The van der Waals surface area contributed by atoms with Gasteiger partial charge in [-0.15, -0.1) is 0 Å². The number of ether oxygens (including phenoxy) is 3. The highest BCUT2D eigenvalue weighted by atomic mass is 16.5. The van der Waals surface area contributed by atoms with Gasteiger partial charge in [-0.3, -0.25) is 4.79 Å². The molecule has 1 aromatic carbocycles. The summed E-state index contributed by atoms with van der Waals surface area (Å²) >= 11 is 0. The molecule has 6 heteroatoms. The van der Waals surface area contributed by atoms with Crippen LogP contribution in [0.2, 0.25) is 0 Å². The summed E-state index contributed by atoms with van der Waals surface area (Å²) in [6, 6.07) is 3.42. The molecule has 0 aliphatic carbocycles. The molecule has 6 nitrogen and oxygen atoms in total. The van der Waals surface area contributed by atoms with Gasteiger partial charge in [-0.25, -0.2) is 0 Å². The highest BCUT2D eigenvalue weighted by Crippen LogP contribution is 2.39. The molecule has 0 saturated heterocycles. The molecule has 0 unspecified atom stereocenters. The number of hydrogen-bond donors (Lipinski definition) is 1. The minimum absolute atomic E-state index is 0.143. The molecule has 0 spiro atoms. The average molecular weight is 352 g/mol. The highest BCUT2D eigenvalue weighted by Gasteiger charge is 2.18. The van der Waals surface area contributed by atoms with E-state index in [1.165, 1.54) is 0 Å². The lowest BCUT2D eigenvalue weighted by atomic mass is 10.1. The Labute approximate surface area is 151 Å². The molecule has 0 aliphatic heterocycles. The van der Waals surface area contributed by atoms with Crippen LogP contribution in [0.25, 0.3) is 0 Å². The topological polar surface area (TPSA) is 60.0 Å². The minimum Gasteiger partial charge on any atom is -0.490 e. The van der Waals surface area contributed by atoms with E-state index in [-0.39, 0.29) is 5.91 Å². The Morgan fingerprint density at radius 2 is 1.56 bits per heavy atom. The van der Waals surface area contributed by atoms with Crippen LogP contribution in [0.5, 0.6) is 17.2 Å². The van der Waals surface area contributed by atoms with Crippen molar-refractivity contribution in [2.45, 2.75) is 27.7 Å². The van der Waals surface area contributed by atoms with Gasteiger partial charge < -0.3 is 24.4 Å². The van der Waals surface area contributed by atoms with Crippen molar-refractivity contribution in [3.63, 3.8) is 0 Å². The molecule has 0 heterocycles. The van der Waals surface area contributed by atoms with Crippen LogP contribution in [0.1, 0.15) is 38.1 Å². The first-order valence-electron chi connectivity index (χ1n) is 8.92. The van der Waals surface area contributed by atoms with Gasteiger partial charge in [0.1, 0.15) is 0 Å². The zero-order valence-electron chi connectivity index (χ0n) is 16.3. The maximum atomic E-state index is 12.5. The third kappa shape index (κ3) is 6.82. The van der Waals surface area contributed by atoms with Gasteiger partial charge in [0, 0.05) is 18.7 Å². The lowest BCUT2D eigenvalue weighted by molar-refractivity contribution is 0.0944. The zero-order valence-corrected chi connectivity index (χ0v) is 16.3. The van der Waals surface area contributed by atoms with Gasteiger partial charge >= 0.3 is 0 Å². The number of rotatable bonds is 11. The van der Waals surface area contributed by atoms with Gasteiger partial charge in [0.15, 0.2) is 11.5 Å².